The third-order valence-corrected chi connectivity index (χ3v) is 5.46. The van der Waals surface area contributed by atoms with E-state index < -0.39 is 17.9 Å². The zero-order valence-corrected chi connectivity index (χ0v) is 16.7. The summed E-state index contributed by atoms with van der Waals surface area (Å²) in [4.78, 5) is 42.8. The van der Waals surface area contributed by atoms with Gasteiger partial charge in [0.1, 0.15) is 6.04 Å². The van der Waals surface area contributed by atoms with E-state index in [1.54, 1.807) is 11.0 Å². The molecule has 1 unspecified atom stereocenters. The molecule has 1 fully saturated rings. The molecule has 8 nitrogen and oxygen atoms in total. The molecule has 146 valence electrons. The molecule has 0 saturated carbocycles. The van der Waals surface area contributed by atoms with Gasteiger partial charge in [-0.2, -0.15) is 0 Å². The molecule has 3 amide bonds. The Balaban J connectivity index is 1.68. The van der Waals surface area contributed by atoms with E-state index in [4.69, 9.17) is 5.11 Å². The van der Waals surface area contributed by atoms with Gasteiger partial charge < -0.3 is 20.2 Å². The molecular weight excluding hydrogens is 416 g/mol. The first-order chi connectivity index (χ1) is 13.0. The van der Waals surface area contributed by atoms with E-state index in [1.165, 1.54) is 4.90 Å². The maximum Gasteiger partial charge on any atom is 0.311 e. The highest BCUT2D eigenvalue weighted by Crippen LogP contribution is 2.37. The van der Waals surface area contributed by atoms with Gasteiger partial charge in [0.25, 0.3) is 5.91 Å². The van der Waals surface area contributed by atoms with Crippen molar-refractivity contribution in [2.75, 3.05) is 50.8 Å². The van der Waals surface area contributed by atoms with Crippen molar-refractivity contribution in [2.45, 2.75) is 13.0 Å². The summed E-state index contributed by atoms with van der Waals surface area (Å²) in [6.45, 7) is 5.06. The molecule has 0 spiro atoms. The predicted octanol–water partition coefficient (Wildman–Crippen LogP) is 0.109. The lowest BCUT2D eigenvalue weighted by atomic mass is 10.1. The van der Waals surface area contributed by atoms with Crippen molar-refractivity contribution in [3.05, 3.63) is 28.2 Å². The van der Waals surface area contributed by atoms with Crippen molar-refractivity contribution in [2.24, 2.45) is 0 Å². The molecule has 0 radical (unpaired) electrons. The number of aliphatic hydroxyl groups excluding tert-OH is 1. The Morgan fingerprint density at radius 1 is 1.26 bits per heavy atom. The number of nitrogens with zero attached hydrogens (tertiary/aromatic N) is 3. The van der Waals surface area contributed by atoms with E-state index in [-0.39, 0.29) is 12.5 Å². The van der Waals surface area contributed by atoms with Crippen LogP contribution in [0.15, 0.2) is 22.7 Å². The Morgan fingerprint density at radius 3 is 2.59 bits per heavy atom. The van der Waals surface area contributed by atoms with Gasteiger partial charge in [0, 0.05) is 55.0 Å². The Labute approximate surface area is 166 Å². The van der Waals surface area contributed by atoms with Gasteiger partial charge in [0.2, 0.25) is 0 Å². The Morgan fingerprint density at radius 2 is 1.96 bits per heavy atom. The predicted molar refractivity (Wildman–Crippen MR) is 103 cm³/mol. The average Bonchev–Trinajstić information content (AvgIpc) is 2.92. The second kappa shape index (κ2) is 8.37. The van der Waals surface area contributed by atoms with Gasteiger partial charge in [0.05, 0.1) is 6.61 Å². The van der Waals surface area contributed by atoms with Gasteiger partial charge in [-0.15, -0.1) is 0 Å². The molecule has 9 heteroatoms. The average molecular weight is 439 g/mol. The third kappa shape index (κ3) is 3.99. The standard InChI is InChI=1S/C18H23BrN4O4/c1-2-23-14-4-3-12(19)11-13(14)15(17(23)26)20-16(25)18(27)22-7-5-21(6-8-22)9-10-24/h3-4,11,15,24H,2,5-10H2,1H3,(H,20,25). The molecule has 1 aromatic carbocycles. The highest BCUT2D eigenvalue weighted by Gasteiger charge is 2.39. The number of halogens is 1. The van der Waals surface area contributed by atoms with Crippen LogP contribution in [0.4, 0.5) is 5.69 Å². The molecule has 0 bridgehead atoms. The van der Waals surface area contributed by atoms with Crippen molar-refractivity contribution in [3.8, 4) is 0 Å². The summed E-state index contributed by atoms with van der Waals surface area (Å²) in [6, 6.07) is 4.61. The van der Waals surface area contributed by atoms with Crippen LogP contribution < -0.4 is 10.2 Å². The fourth-order valence-corrected chi connectivity index (χ4v) is 3.91. The number of fused-ring (bicyclic) bond motifs is 1. The Bertz CT molecular complexity index is 749. The second-order valence-corrected chi connectivity index (χ2v) is 7.47. The number of hydrogen-bond donors (Lipinski definition) is 2. The summed E-state index contributed by atoms with van der Waals surface area (Å²) in [6.07, 6.45) is 0. The van der Waals surface area contributed by atoms with Crippen LogP contribution in [0.2, 0.25) is 0 Å². The van der Waals surface area contributed by atoms with Gasteiger partial charge in [-0.1, -0.05) is 15.9 Å². The minimum absolute atomic E-state index is 0.0706. The lowest BCUT2D eigenvalue weighted by Gasteiger charge is -2.34. The Kier molecular flexibility index (Phi) is 6.13. The van der Waals surface area contributed by atoms with Gasteiger partial charge in [-0.3, -0.25) is 19.3 Å². The number of β-amino-alcohol motifs (C(OH)–C–C–N with tert-alkyl or cyclic N) is 1. The smallest absolute Gasteiger partial charge is 0.311 e. The highest BCUT2D eigenvalue weighted by molar-refractivity contribution is 9.10. The largest absolute Gasteiger partial charge is 0.395 e. The van der Waals surface area contributed by atoms with Gasteiger partial charge >= 0.3 is 11.8 Å². The number of hydrogen-bond acceptors (Lipinski definition) is 5. The number of likely N-dealkylation sites (N-methyl/N-ethyl adjacent to an activating group) is 1. The molecule has 27 heavy (non-hydrogen) atoms. The molecule has 1 saturated heterocycles. The molecule has 0 aromatic heterocycles. The van der Waals surface area contributed by atoms with Crippen LogP contribution in [0.5, 0.6) is 0 Å². The lowest BCUT2D eigenvalue weighted by Crippen LogP contribution is -2.53. The number of nitrogens with one attached hydrogen (secondary N) is 1. The zero-order chi connectivity index (χ0) is 19.6. The normalized spacial score (nSPS) is 20.0. The first-order valence-electron chi connectivity index (χ1n) is 9.00. The van der Waals surface area contributed by atoms with Crippen LogP contribution >= 0.6 is 15.9 Å². The summed E-state index contributed by atoms with van der Waals surface area (Å²) in [5.74, 6) is -1.63. The topological polar surface area (TPSA) is 93.2 Å². The lowest BCUT2D eigenvalue weighted by molar-refractivity contribution is -0.147. The van der Waals surface area contributed by atoms with Crippen LogP contribution in [-0.4, -0.2) is 78.5 Å². The molecule has 2 heterocycles. The minimum atomic E-state index is -0.857. The quantitative estimate of drug-likeness (QED) is 0.650. The van der Waals surface area contributed by atoms with E-state index in [0.29, 0.717) is 44.8 Å². The maximum atomic E-state index is 12.7. The molecular formula is C18H23BrN4O4. The number of piperazine rings is 1. The van der Waals surface area contributed by atoms with Gasteiger partial charge in [-0.25, -0.2) is 0 Å². The van der Waals surface area contributed by atoms with E-state index in [1.807, 2.05) is 24.0 Å². The second-order valence-electron chi connectivity index (χ2n) is 6.55. The monoisotopic (exact) mass is 438 g/mol. The molecule has 2 aliphatic heterocycles. The Hall–Kier alpha value is -1.97. The first-order valence-corrected chi connectivity index (χ1v) is 9.79. The van der Waals surface area contributed by atoms with Crippen molar-refractivity contribution in [3.63, 3.8) is 0 Å². The van der Waals surface area contributed by atoms with E-state index >= 15 is 0 Å². The molecule has 2 N–H and O–H groups in total. The molecule has 1 atom stereocenters. The number of aliphatic hydroxyl groups is 1. The number of anilines is 1. The van der Waals surface area contributed by atoms with Crippen molar-refractivity contribution in [1.29, 1.82) is 0 Å². The number of carbonyl (C=O) groups excluding carboxylic acids is 3. The molecule has 3 rings (SSSR count). The summed E-state index contributed by atoms with van der Waals surface area (Å²) in [5, 5.41) is 11.6. The highest BCUT2D eigenvalue weighted by atomic mass is 79.9. The summed E-state index contributed by atoms with van der Waals surface area (Å²) < 4.78 is 0.803. The van der Waals surface area contributed by atoms with Crippen molar-refractivity contribution < 1.29 is 19.5 Å². The molecule has 1 aromatic rings. The maximum absolute atomic E-state index is 12.7. The van der Waals surface area contributed by atoms with Gasteiger partial charge in [0.15, 0.2) is 0 Å². The van der Waals surface area contributed by atoms with Crippen LogP contribution in [0, 0.1) is 0 Å². The van der Waals surface area contributed by atoms with E-state index in [9.17, 15) is 14.4 Å². The van der Waals surface area contributed by atoms with Gasteiger partial charge in [-0.05, 0) is 25.1 Å². The first kappa shape index (κ1) is 19.8. The SMILES string of the molecule is CCN1C(=O)C(NC(=O)C(=O)N2CCN(CCO)CC2)c2cc(Br)ccc21. The minimum Gasteiger partial charge on any atom is -0.395 e. The van der Waals surface area contributed by atoms with E-state index in [2.05, 4.69) is 21.2 Å². The summed E-state index contributed by atoms with van der Waals surface area (Å²) in [5.41, 5.74) is 1.44. The fourth-order valence-electron chi connectivity index (χ4n) is 3.53. The summed E-state index contributed by atoms with van der Waals surface area (Å²) >= 11 is 3.39. The van der Waals surface area contributed by atoms with Crippen molar-refractivity contribution in [1.82, 2.24) is 15.1 Å². The number of benzene rings is 1. The fraction of sp³-hybridized carbons (Fsp3) is 0.500. The number of rotatable bonds is 4. The van der Waals surface area contributed by atoms with Crippen molar-refractivity contribution >= 4 is 39.3 Å². The number of amides is 3. The van der Waals surface area contributed by atoms with Crippen LogP contribution in [-0.2, 0) is 14.4 Å². The number of carbonyl (C=O) groups is 3. The van der Waals surface area contributed by atoms with E-state index in [0.717, 1.165) is 10.2 Å². The third-order valence-electron chi connectivity index (χ3n) is 4.97. The zero-order valence-electron chi connectivity index (χ0n) is 15.2. The van der Waals surface area contributed by atoms with Crippen LogP contribution in [0.25, 0.3) is 0 Å². The van der Waals surface area contributed by atoms with Crippen LogP contribution in [0.1, 0.15) is 18.5 Å². The summed E-state index contributed by atoms with van der Waals surface area (Å²) in [7, 11) is 0. The van der Waals surface area contributed by atoms with Crippen LogP contribution in [0.3, 0.4) is 0 Å². The molecule has 0 aliphatic carbocycles. The molecule has 2 aliphatic rings.